The molecule has 0 spiro atoms. The first-order valence-electron chi connectivity index (χ1n) is 5.80. The summed E-state index contributed by atoms with van der Waals surface area (Å²) in [5, 5.41) is 0. The van der Waals surface area contributed by atoms with Gasteiger partial charge in [0.25, 0.3) is 0 Å². The van der Waals surface area contributed by atoms with Gasteiger partial charge in [0, 0.05) is 18.6 Å². The number of ether oxygens (including phenoxy) is 1. The van der Waals surface area contributed by atoms with E-state index in [4.69, 9.17) is 14.5 Å². The number of carbonyl (C=O) groups excluding carboxylic acids is 1. The molecule has 16 heavy (non-hydrogen) atoms. The SMILES string of the molecule is CCC(C)=C(C)C(=O)OOC1CCCCO1. The van der Waals surface area contributed by atoms with E-state index in [0.717, 1.165) is 31.3 Å². The molecule has 0 aromatic rings. The maximum atomic E-state index is 11.5. The molecule has 1 rings (SSSR count). The first-order chi connectivity index (χ1) is 7.65. The fourth-order valence-electron chi connectivity index (χ4n) is 1.39. The molecular formula is C12H20O4. The topological polar surface area (TPSA) is 44.8 Å². The predicted octanol–water partition coefficient (Wildman–Crippen LogP) is 2.73. The minimum atomic E-state index is -0.423. The van der Waals surface area contributed by atoms with Gasteiger partial charge in [0.1, 0.15) is 0 Å². The normalized spacial score (nSPS) is 22.6. The standard InChI is InChI=1S/C12H20O4/c1-4-9(2)10(3)12(13)16-15-11-7-5-6-8-14-11/h11H,4-8H2,1-3H3. The maximum absolute atomic E-state index is 11.5. The van der Waals surface area contributed by atoms with Crippen LogP contribution in [0.15, 0.2) is 11.1 Å². The summed E-state index contributed by atoms with van der Waals surface area (Å²) in [6.45, 7) is 6.32. The highest BCUT2D eigenvalue weighted by atomic mass is 17.2. The van der Waals surface area contributed by atoms with Gasteiger partial charge >= 0.3 is 5.97 Å². The minimum Gasteiger partial charge on any atom is -0.349 e. The molecule has 0 aliphatic carbocycles. The Hall–Kier alpha value is -0.870. The Morgan fingerprint density at radius 1 is 1.38 bits per heavy atom. The Bertz CT molecular complexity index is 264. The smallest absolute Gasteiger partial charge is 0.349 e. The summed E-state index contributed by atoms with van der Waals surface area (Å²) in [7, 11) is 0. The highest BCUT2D eigenvalue weighted by Crippen LogP contribution is 2.15. The van der Waals surface area contributed by atoms with E-state index in [9.17, 15) is 4.79 Å². The minimum absolute atomic E-state index is 0.396. The van der Waals surface area contributed by atoms with Crippen LogP contribution in [0.2, 0.25) is 0 Å². The van der Waals surface area contributed by atoms with Crippen LogP contribution in [-0.2, 0) is 19.3 Å². The summed E-state index contributed by atoms with van der Waals surface area (Å²) in [6.07, 6.45) is 3.31. The summed E-state index contributed by atoms with van der Waals surface area (Å²) in [6, 6.07) is 0. The Labute approximate surface area is 96.5 Å². The zero-order valence-corrected chi connectivity index (χ0v) is 10.2. The van der Waals surface area contributed by atoms with Crippen molar-refractivity contribution in [2.45, 2.75) is 52.7 Å². The van der Waals surface area contributed by atoms with E-state index in [-0.39, 0.29) is 0 Å². The van der Waals surface area contributed by atoms with Crippen molar-refractivity contribution in [3.63, 3.8) is 0 Å². The van der Waals surface area contributed by atoms with E-state index >= 15 is 0 Å². The van der Waals surface area contributed by atoms with E-state index < -0.39 is 12.3 Å². The van der Waals surface area contributed by atoms with Crippen LogP contribution in [-0.4, -0.2) is 18.9 Å². The Balaban J connectivity index is 2.34. The average Bonchev–Trinajstić information content (AvgIpc) is 2.35. The van der Waals surface area contributed by atoms with E-state index in [1.165, 1.54) is 0 Å². The predicted molar refractivity (Wildman–Crippen MR) is 59.4 cm³/mol. The number of allylic oxidation sites excluding steroid dienone is 1. The van der Waals surface area contributed by atoms with Crippen molar-refractivity contribution in [1.29, 1.82) is 0 Å². The molecule has 1 heterocycles. The molecule has 92 valence electrons. The lowest BCUT2D eigenvalue weighted by Gasteiger charge is -2.20. The lowest BCUT2D eigenvalue weighted by molar-refractivity contribution is -0.356. The second-order valence-corrected chi connectivity index (χ2v) is 4.02. The number of carbonyl (C=O) groups is 1. The monoisotopic (exact) mass is 228 g/mol. The van der Waals surface area contributed by atoms with Crippen molar-refractivity contribution in [1.82, 2.24) is 0 Å². The van der Waals surface area contributed by atoms with Crippen LogP contribution in [0, 0.1) is 0 Å². The van der Waals surface area contributed by atoms with Gasteiger partial charge in [0.2, 0.25) is 6.29 Å². The summed E-state index contributed by atoms with van der Waals surface area (Å²) in [5.41, 5.74) is 1.62. The van der Waals surface area contributed by atoms with E-state index in [1.807, 2.05) is 13.8 Å². The number of rotatable bonds is 4. The van der Waals surface area contributed by atoms with Gasteiger partial charge in [0.05, 0.1) is 0 Å². The van der Waals surface area contributed by atoms with Crippen molar-refractivity contribution in [2.75, 3.05) is 6.61 Å². The first kappa shape index (κ1) is 13.2. The molecule has 1 fully saturated rings. The molecule has 0 amide bonds. The lowest BCUT2D eigenvalue weighted by Crippen LogP contribution is -2.24. The van der Waals surface area contributed by atoms with E-state index in [0.29, 0.717) is 12.2 Å². The summed E-state index contributed by atoms with van der Waals surface area (Å²) < 4.78 is 5.28. The molecule has 1 saturated heterocycles. The summed E-state index contributed by atoms with van der Waals surface area (Å²) >= 11 is 0. The van der Waals surface area contributed by atoms with Gasteiger partial charge in [-0.05, 0) is 33.1 Å². The summed E-state index contributed by atoms with van der Waals surface area (Å²) in [4.78, 5) is 21.2. The van der Waals surface area contributed by atoms with Gasteiger partial charge in [-0.3, -0.25) is 4.89 Å². The maximum Gasteiger partial charge on any atom is 0.368 e. The third kappa shape index (κ3) is 3.94. The fourth-order valence-corrected chi connectivity index (χ4v) is 1.39. The van der Waals surface area contributed by atoms with Gasteiger partial charge in [-0.25, -0.2) is 4.79 Å². The highest BCUT2D eigenvalue weighted by molar-refractivity contribution is 5.88. The highest BCUT2D eigenvalue weighted by Gasteiger charge is 2.18. The van der Waals surface area contributed by atoms with Crippen LogP contribution in [0.5, 0.6) is 0 Å². The third-order valence-electron chi connectivity index (χ3n) is 2.85. The molecular weight excluding hydrogens is 208 g/mol. The van der Waals surface area contributed by atoms with Crippen LogP contribution in [0.3, 0.4) is 0 Å². The summed E-state index contributed by atoms with van der Waals surface area (Å²) in [5.74, 6) is -0.423. The molecule has 0 bridgehead atoms. The Morgan fingerprint density at radius 2 is 2.12 bits per heavy atom. The largest absolute Gasteiger partial charge is 0.368 e. The fraction of sp³-hybridized carbons (Fsp3) is 0.750. The quantitative estimate of drug-likeness (QED) is 0.421. The van der Waals surface area contributed by atoms with Crippen molar-refractivity contribution in [2.24, 2.45) is 0 Å². The van der Waals surface area contributed by atoms with Crippen LogP contribution in [0.1, 0.15) is 46.5 Å². The second kappa shape index (κ2) is 6.66. The van der Waals surface area contributed by atoms with Crippen molar-refractivity contribution in [3.05, 3.63) is 11.1 Å². The van der Waals surface area contributed by atoms with Crippen LogP contribution in [0.25, 0.3) is 0 Å². The van der Waals surface area contributed by atoms with Crippen molar-refractivity contribution >= 4 is 5.97 Å². The molecule has 4 nitrogen and oxygen atoms in total. The second-order valence-electron chi connectivity index (χ2n) is 4.02. The molecule has 0 radical (unpaired) electrons. The molecule has 4 heteroatoms. The first-order valence-corrected chi connectivity index (χ1v) is 5.80. The van der Waals surface area contributed by atoms with Crippen molar-refractivity contribution < 1.29 is 19.3 Å². The molecule has 0 aromatic carbocycles. The zero-order valence-electron chi connectivity index (χ0n) is 10.2. The lowest BCUT2D eigenvalue weighted by atomic mass is 10.1. The van der Waals surface area contributed by atoms with Gasteiger partial charge in [-0.2, -0.15) is 4.89 Å². The third-order valence-corrected chi connectivity index (χ3v) is 2.85. The molecule has 1 unspecified atom stereocenters. The van der Waals surface area contributed by atoms with Crippen molar-refractivity contribution in [3.8, 4) is 0 Å². The van der Waals surface area contributed by atoms with Crippen LogP contribution < -0.4 is 0 Å². The average molecular weight is 228 g/mol. The molecule has 0 N–H and O–H groups in total. The van der Waals surface area contributed by atoms with Gasteiger partial charge in [-0.1, -0.05) is 12.5 Å². The molecule has 1 atom stereocenters. The molecule has 1 aliphatic rings. The molecule has 1 aliphatic heterocycles. The molecule has 0 aromatic heterocycles. The van der Waals surface area contributed by atoms with Crippen LogP contribution >= 0.6 is 0 Å². The van der Waals surface area contributed by atoms with Gasteiger partial charge in [-0.15, -0.1) is 0 Å². The van der Waals surface area contributed by atoms with Crippen LogP contribution in [0.4, 0.5) is 0 Å². The Kier molecular flexibility index (Phi) is 5.49. The Morgan fingerprint density at radius 3 is 2.69 bits per heavy atom. The van der Waals surface area contributed by atoms with E-state index in [1.54, 1.807) is 6.92 Å². The zero-order chi connectivity index (χ0) is 12.0. The molecule has 0 saturated carbocycles. The van der Waals surface area contributed by atoms with Gasteiger partial charge < -0.3 is 4.74 Å². The number of hydrogen-bond acceptors (Lipinski definition) is 4. The number of hydrogen-bond donors (Lipinski definition) is 0. The van der Waals surface area contributed by atoms with Gasteiger partial charge in [0.15, 0.2) is 0 Å². The van der Waals surface area contributed by atoms with E-state index in [2.05, 4.69) is 0 Å².